The largest absolute Gasteiger partial charge is 0.243 e. The van der Waals surface area contributed by atoms with Gasteiger partial charge in [-0.25, -0.2) is 9.13 Å². The van der Waals surface area contributed by atoms with E-state index in [0.29, 0.717) is 0 Å². The third kappa shape index (κ3) is 5.71. The Morgan fingerprint density at radius 3 is 2.47 bits per heavy atom. The summed E-state index contributed by atoms with van der Waals surface area (Å²) in [5.41, 5.74) is 0. The first-order valence-corrected chi connectivity index (χ1v) is 7.78. The van der Waals surface area contributed by atoms with Crippen molar-refractivity contribution in [3.63, 3.8) is 0 Å². The summed E-state index contributed by atoms with van der Waals surface area (Å²) < 4.78 is 4.55. The molecule has 4 heteroatoms. The number of nitrogens with zero attached hydrogens (tertiary/aromatic N) is 2. The smallest absolute Gasteiger partial charge is 0.237 e. The number of aryl methyl sites for hydroxylation is 2. The van der Waals surface area contributed by atoms with Gasteiger partial charge in [-0.15, -0.1) is 0 Å². The second-order valence-corrected chi connectivity index (χ2v) is 5.27. The summed E-state index contributed by atoms with van der Waals surface area (Å²) >= 11 is 6.90. The highest BCUT2D eigenvalue weighted by atomic mass is 79.9. The van der Waals surface area contributed by atoms with Gasteiger partial charge in [0.25, 0.3) is 0 Å². The molecule has 0 spiro atoms. The zero-order chi connectivity index (χ0) is 10.9. The third-order valence-corrected chi connectivity index (χ3v) is 3.47. The fourth-order valence-corrected chi connectivity index (χ4v) is 2.27. The van der Waals surface area contributed by atoms with E-state index in [1.54, 1.807) is 0 Å². The highest BCUT2D eigenvalue weighted by Crippen LogP contribution is 1.98. The van der Waals surface area contributed by atoms with Crippen molar-refractivity contribution in [2.75, 3.05) is 10.7 Å². The molecule has 0 aliphatic rings. The lowest BCUT2D eigenvalue weighted by Gasteiger charge is -1.95. The van der Waals surface area contributed by atoms with Crippen LogP contribution in [-0.4, -0.2) is 15.2 Å². The molecule has 0 unspecified atom stereocenters. The van der Waals surface area contributed by atoms with E-state index in [0.717, 1.165) is 23.7 Å². The standard InChI is InChI=1S/C11H19Br2N2/c12-5-1-3-7-14-9-10-15(11-14)8-4-2-6-13/h9-11H,1-8H2/q+1. The molecule has 0 saturated carbocycles. The highest BCUT2D eigenvalue weighted by Gasteiger charge is 2.02. The van der Waals surface area contributed by atoms with Crippen LogP contribution in [0.3, 0.4) is 0 Å². The van der Waals surface area contributed by atoms with E-state index < -0.39 is 0 Å². The van der Waals surface area contributed by atoms with Crippen LogP contribution in [0.5, 0.6) is 0 Å². The first-order valence-electron chi connectivity index (χ1n) is 5.53. The molecule has 0 bridgehead atoms. The molecule has 1 rings (SSSR count). The molecule has 0 fully saturated rings. The molecule has 15 heavy (non-hydrogen) atoms. The van der Waals surface area contributed by atoms with E-state index in [9.17, 15) is 0 Å². The van der Waals surface area contributed by atoms with Crippen LogP contribution in [0.2, 0.25) is 0 Å². The van der Waals surface area contributed by atoms with Crippen LogP contribution in [0.25, 0.3) is 0 Å². The van der Waals surface area contributed by atoms with Crippen molar-refractivity contribution in [3.05, 3.63) is 18.7 Å². The number of rotatable bonds is 8. The summed E-state index contributed by atoms with van der Waals surface area (Å²) in [6.45, 7) is 2.27. The number of alkyl halides is 2. The fourth-order valence-electron chi connectivity index (χ4n) is 1.48. The molecule has 1 heterocycles. The Morgan fingerprint density at radius 1 is 1.00 bits per heavy atom. The van der Waals surface area contributed by atoms with Crippen LogP contribution in [-0.2, 0) is 13.1 Å². The lowest BCUT2D eigenvalue weighted by molar-refractivity contribution is -0.696. The van der Waals surface area contributed by atoms with Crippen LogP contribution in [0, 0.1) is 0 Å². The van der Waals surface area contributed by atoms with Gasteiger partial charge in [0.1, 0.15) is 12.4 Å². The Balaban J connectivity index is 2.23. The van der Waals surface area contributed by atoms with Gasteiger partial charge in [0.15, 0.2) is 0 Å². The number of unbranched alkanes of at least 4 members (excludes halogenated alkanes) is 2. The van der Waals surface area contributed by atoms with Gasteiger partial charge in [-0.1, -0.05) is 31.9 Å². The molecule has 0 N–H and O–H groups in total. The molecule has 0 aliphatic carbocycles. The van der Waals surface area contributed by atoms with Crippen LogP contribution < -0.4 is 4.57 Å². The van der Waals surface area contributed by atoms with E-state index in [1.807, 2.05) is 0 Å². The second kappa shape index (κ2) is 8.34. The molecule has 0 saturated heterocycles. The van der Waals surface area contributed by atoms with Gasteiger partial charge in [-0.3, -0.25) is 0 Å². The van der Waals surface area contributed by atoms with E-state index >= 15 is 0 Å². The summed E-state index contributed by atoms with van der Waals surface area (Å²) in [4.78, 5) is 0. The quantitative estimate of drug-likeness (QED) is 0.391. The number of hydrogen-bond donors (Lipinski definition) is 0. The van der Waals surface area contributed by atoms with Gasteiger partial charge < -0.3 is 0 Å². The molecular weight excluding hydrogens is 320 g/mol. The first kappa shape index (κ1) is 13.2. The lowest BCUT2D eigenvalue weighted by atomic mass is 10.3. The maximum Gasteiger partial charge on any atom is 0.243 e. The van der Waals surface area contributed by atoms with Crippen LogP contribution in [0.1, 0.15) is 25.7 Å². The number of imidazole rings is 1. The predicted octanol–water partition coefficient (Wildman–Crippen LogP) is 3.13. The van der Waals surface area contributed by atoms with Crippen molar-refractivity contribution < 1.29 is 4.57 Å². The summed E-state index contributed by atoms with van der Waals surface area (Å²) in [7, 11) is 0. The summed E-state index contributed by atoms with van der Waals surface area (Å²) in [5, 5.41) is 2.22. The average molecular weight is 339 g/mol. The van der Waals surface area contributed by atoms with Crippen molar-refractivity contribution in [2.24, 2.45) is 0 Å². The zero-order valence-corrected chi connectivity index (χ0v) is 12.2. The maximum absolute atomic E-state index is 3.45. The van der Waals surface area contributed by atoms with Gasteiger partial charge in [0.2, 0.25) is 6.33 Å². The van der Waals surface area contributed by atoms with E-state index in [1.165, 1.54) is 25.7 Å². The van der Waals surface area contributed by atoms with Gasteiger partial charge in [0, 0.05) is 10.7 Å². The summed E-state index contributed by atoms with van der Waals surface area (Å²) in [6.07, 6.45) is 11.6. The van der Waals surface area contributed by atoms with E-state index in [4.69, 9.17) is 0 Å². The van der Waals surface area contributed by atoms with Gasteiger partial charge in [-0.05, 0) is 25.7 Å². The molecule has 0 radical (unpaired) electrons. The summed E-state index contributed by atoms with van der Waals surface area (Å²) in [5.74, 6) is 0. The second-order valence-electron chi connectivity index (χ2n) is 3.68. The van der Waals surface area contributed by atoms with Gasteiger partial charge >= 0.3 is 0 Å². The van der Waals surface area contributed by atoms with E-state index in [2.05, 4.69) is 59.7 Å². The van der Waals surface area contributed by atoms with Crippen molar-refractivity contribution in [2.45, 2.75) is 38.8 Å². The predicted molar refractivity (Wildman–Crippen MR) is 70.7 cm³/mol. The van der Waals surface area contributed by atoms with E-state index in [-0.39, 0.29) is 0 Å². The van der Waals surface area contributed by atoms with Crippen molar-refractivity contribution in [1.82, 2.24) is 4.57 Å². The molecule has 0 aliphatic heterocycles. The van der Waals surface area contributed by atoms with Crippen molar-refractivity contribution in [3.8, 4) is 0 Å². The number of halogens is 2. The van der Waals surface area contributed by atoms with Gasteiger partial charge in [0.05, 0.1) is 13.1 Å². The average Bonchev–Trinajstić information content (AvgIpc) is 2.67. The van der Waals surface area contributed by atoms with Crippen LogP contribution in [0.4, 0.5) is 0 Å². The van der Waals surface area contributed by atoms with Gasteiger partial charge in [-0.2, -0.15) is 0 Å². The molecule has 0 atom stereocenters. The number of aromatic nitrogens is 2. The van der Waals surface area contributed by atoms with Crippen LogP contribution in [0.15, 0.2) is 18.7 Å². The Kier molecular flexibility index (Phi) is 7.36. The summed E-state index contributed by atoms with van der Waals surface area (Å²) in [6, 6.07) is 0. The Morgan fingerprint density at radius 2 is 1.73 bits per heavy atom. The Bertz CT molecular complexity index is 236. The zero-order valence-electron chi connectivity index (χ0n) is 9.04. The monoisotopic (exact) mass is 337 g/mol. The molecule has 1 aromatic heterocycles. The van der Waals surface area contributed by atoms with Crippen molar-refractivity contribution >= 4 is 31.9 Å². The Hall–Kier alpha value is 0.170. The first-order chi connectivity index (χ1) is 7.36. The topological polar surface area (TPSA) is 8.81 Å². The molecular formula is C11H19Br2N2+. The SMILES string of the molecule is BrCCCCn1cc[n+](CCCCBr)c1. The highest BCUT2D eigenvalue weighted by molar-refractivity contribution is 9.09. The minimum atomic E-state index is 1.11. The maximum atomic E-state index is 3.45. The lowest BCUT2D eigenvalue weighted by Crippen LogP contribution is -2.30. The molecule has 0 amide bonds. The molecule has 0 aromatic carbocycles. The number of hydrogen-bond acceptors (Lipinski definition) is 0. The minimum absolute atomic E-state index is 1.11. The fraction of sp³-hybridized carbons (Fsp3) is 0.727. The van der Waals surface area contributed by atoms with Crippen molar-refractivity contribution in [1.29, 1.82) is 0 Å². The molecule has 86 valence electrons. The molecule has 2 nitrogen and oxygen atoms in total. The van der Waals surface area contributed by atoms with Crippen LogP contribution >= 0.6 is 31.9 Å². The Labute approximate surface area is 109 Å². The normalized spacial score (nSPS) is 10.8. The molecule has 1 aromatic rings. The third-order valence-electron chi connectivity index (χ3n) is 2.35. The minimum Gasteiger partial charge on any atom is -0.237 e.